The van der Waals surface area contributed by atoms with Crippen LogP contribution in [0.3, 0.4) is 0 Å². The molecule has 0 saturated heterocycles. The Morgan fingerprint density at radius 1 is 0.950 bits per heavy atom. The molecule has 1 aromatic carbocycles. The largest absolute Gasteiger partial charge is 0.218 e. The molecule has 20 heavy (non-hydrogen) atoms. The second-order valence-electron chi connectivity index (χ2n) is 4.62. The van der Waals surface area contributed by atoms with E-state index in [1.807, 2.05) is 56.3 Å². The smallest absolute Gasteiger partial charge is 0.175 e. The lowest BCUT2D eigenvalue weighted by atomic mass is 10.1. The Hall–Kier alpha value is -2.20. The maximum atomic E-state index is 5.88. The van der Waals surface area contributed by atoms with E-state index in [1.54, 1.807) is 4.68 Å². The molecule has 0 amide bonds. The van der Waals surface area contributed by atoms with Crippen LogP contribution in [0.4, 0.5) is 0 Å². The number of benzene rings is 1. The Balaban J connectivity index is 1.95. The van der Waals surface area contributed by atoms with Gasteiger partial charge in [0, 0.05) is 16.3 Å². The van der Waals surface area contributed by atoms with Gasteiger partial charge in [0.05, 0.1) is 11.4 Å². The maximum absolute atomic E-state index is 5.88. The zero-order chi connectivity index (χ0) is 14.1. The quantitative estimate of drug-likeness (QED) is 0.722. The minimum Gasteiger partial charge on any atom is -0.218 e. The van der Waals surface area contributed by atoms with Gasteiger partial charge in [-0.05, 0) is 44.2 Å². The molecule has 2 heterocycles. The zero-order valence-electron chi connectivity index (χ0n) is 11.2. The highest BCUT2D eigenvalue weighted by Crippen LogP contribution is 2.19. The molecule has 3 aromatic rings. The topological polar surface area (TPSA) is 43.6 Å². The van der Waals surface area contributed by atoms with Crippen LogP contribution < -0.4 is 0 Å². The summed E-state index contributed by atoms with van der Waals surface area (Å²) in [4.78, 5) is 0. The van der Waals surface area contributed by atoms with Gasteiger partial charge in [0.1, 0.15) is 0 Å². The van der Waals surface area contributed by atoms with Crippen molar-refractivity contribution in [3.8, 4) is 17.1 Å². The van der Waals surface area contributed by atoms with Gasteiger partial charge in [0.15, 0.2) is 5.82 Å². The first kappa shape index (κ1) is 12.8. The highest BCUT2D eigenvalue weighted by molar-refractivity contribution is 6.30. The van der Waals surface area contributed by atoms with Gasteiger partial charge in [0.25, 0.3) is 0 Å². The van der Waals surface area contributed by atoms with Crippen molar-refractivity contribution in [3.05, 3.63) is 58.9 Å². The van der Waals surface area contributed by atoms with Crippen LogP contribution in [0.5, 0.6) is 0 Å². The first-order chi connectivity index (χ1) is 9.63. The summed E-state index contributed by atoms with van der Waals surface area (Å²) in [5, 5.41) is 13.6. The van der Waals surface area contributed by atoms with Crippen LogP contribution in [0.1, 0.15) is 11.4 Å². The number of hydrogen-bond donors (Lipinski definition) is 0. The number of hydrogen-bond acceptors (Lipinski definition) is 3. The molecule has 0 atom stereocenters. The predicted octanol–water partition coefficient (Wildman–Crippen LogP) is 3.60. The number of aryl methyl sites for hydroxylation is 2. The van der Waals surface area contributed by atoms with Gasteiger partial charge in [0.2, 0.25) is 0 Å². The molecule has 0 fully saturated rings. The van der Waals surface area contributed by atoms with E-state index in [-0.39, 0.29) is 0 Å². The zero-order valence-corrected chi connectivity index (χ0v) is 12.0. The molecule has 0 aliphatic heterocycles. The third-order valence-corrected chi connectivity index (χ3v) is 3.27. The van der Waals surface area contributed by atoms with Crippen molar-refractivity contribution >= 4 is 11.6 Å². The third kappa shape index (κ3) is 2.42. The van der Waals surface area contributed by atoms with Crippen molar-refractivity contribution in [2.75, 3.05) is 0 Å². The maximum Gasteiger partial charge on any atom is 0.175 e. The monoisotopic (exact) mass is 284 g/mol. The Morgan fingerprint density at radius 3 is 2.25 bits per heavy atom. The van der Waals surface area contributed by atoms with Crippen LogP contribution in [-0.2, 0) is 0 Å². The summed E-state index contributed by atoms with van der Waals surface area (Å²) < 4.78 is 1.79. The van der Waals surface area contributed by atoms with E-state index in [0.717, 1.165) is 22.6 Å². The van der Waals surface area contributed by atoms with Crippen LogP contribution >= 0.6 is 11.6 Å². The summed E-state index contributed by atoms with van der Waals surface area (Å²) in [5.74, 6) is 0.716. The molecule has 0 aliphatic rings. The normalized spacial score (nSPS) is 10.8. The predicted molar refractivity (Wildman–Crippen MR) is 79.1 cm³/mol. The van der Waals surface area contributed by atoms with Crippen molar-refractivity contribution in [2.24, 2.45) is 0 Å². The summed E-state index contributed by atoms with van der Waals surface area (Å²) in [6.07, 6.45) is 0. The van der Waals surface area contributed by atoms with Crippen LogP contribution in [0.25, 0.3) is 17.1 Å². The van der Waals surface area contributed by atoms with Gasteiger partial charge in [-0.15, -0.1) is 10.2 Å². The van der Waals surface area contributed by atoms with E-state index in [2.05, 4.69) is 15.3 Å². The fourth-order valence-electron chi connectivity index (χ4n) is 2.07. The Morgan fingerprint density at radius 2 is 1.70 bits per heavy atom. The van der Waals surface area contributed by atoms with Gasteiger partial charge < -0.3 is 0 Å². The Labute approximate surface area is 122 Å². The van der Waals surface area contributed by atoms with Crippen LogP contribution in [-0.4, -0.2) is 20.0 Å². The number of halogens is 1. The average molecular weight is 285 g/mol. The third-order valence-electron chi connectivity index (χ3n) is 3.02. The molecule has 0 saturated carbocycles. The van der Waals surface area contributed by atoms with Crippen molar-refractivity contribution in [3.63, 3.8) is 0 Å². The first-order valence-electron chi connectivity index (χ1n) is 6.27. The van der Waals surface area contributed by atoms with Crippen LogP contribution in [0.15, 0.2) is 42.5 Å². The number of rotatable bonds is 2. The molecule has 0 N–H and O–H groups in total. The van der Waals surface area contributed by atoms with Gasteiger partial charge in [-0.25, -0.2) is 4.68 Å². The number of aromatic nitrogens is 4. The van der Waals surface area contributed by atoms with Crippen LogP contribution in [0.2, 0.25) is 5.02 Å². The number of nitrogens with zero attached hydrogens (tertiary/aromatic N) is 4. The second kappa shape index (κ2) is 5.06. The molecule has 0 aliphatic carbocycles. The van der Waals surface area contributed by atoms with E-state index >= 15 is 0 Å². The molecule has 100 valence electrons. The second-order valence-corrected chi connectivity index (χ2v) is 5.06. The summed E-state index contributed by atoms with van der Waals surface area (Å²) in [5.41, 5.74) is 3.80. The molecule has 5 heteroatoms. The summed E-state index contributed by atoms with van der Waals surface area (Å²) in [6.45, 7) is 3.95. The highest BCUT2D eigenvalue weighted by atomic mass is 35.5. The Bertz CT molecular complexity index is 730. The molecular weight excluding hydrogens is 272 g/mol. The van der Waals surface area contributed by atoms with Crippen molar-refractivity contribution in [1.82, 2.24) is 20.0 Å². The van der Waals surface area contributed by atoms with E-state index < -0.39 is 0 Å². The fraction of sp³-hybridized carbons (Fsp3) is 0.133. The molecular formula is C15H13ClN4. The van der Waals surface area contributed by atoms with Crippen molar-refractivity contribution < 1.29 is 0 Å². The minimum atomic E-state index is 0.709. The molecule has 3 rings (SSSR count). The summed E-state index contributed by atoms with van der Waals surface area (Å²) in [7, 11) is 0. The van der Waals surface area contributed by atoms with E-state index in [9.17, 15) is 0 Å². The highest BCUT2D eigenvalue weighted by Gasteiger charge is 2.06. The van der Waals surface area contributed by atoms with Crippen molar-refractivity contribution in [2.45, 2.75) is 13.8 Å². The van der Waals surface area contributed by atoms with Gasteiger partial charge in [-0.2, -0.15) is 5.10 Å². The lowest BCUT2D eigenvalue weighted by Gasteiger charge is -2.04. The van der Waals surface area contributed by atoms with Crippen molar-refractivity contribution in [1.29, 1.82) is 0 Å². The lowest BCUT2D eigenvalue weighted by Crippen LogP contribution is -2.03. The van der Waals surface area contributed by atoms with E-state index in [4.69, 9.17) is 11.6 Å². The first-order valence-corrected chi connectivity index (χ1v) is 6.64. The van der Waals surface area contributed by atoms with Gasteiger partial charge >= 0.3 is 0 Å². The van der Waals surface area contributed by atoms with E-state index in [1.165, 1.54) is 0 Å². The summed E-state index contributed by atoms with van der Waals surface area (Å²) >= 11 is 5.88. The molecule has 0 radical (unpaired) electrons. The minimum absolute atomic E-state index is 0.709. The van der Waals surface area contributed by atoms with E-state index in [0.29, 0.717) is 10.8 Å². The average Bonchev–Trinajstić information content (AvgIpc) is 2.79. The Kier molecular flexibility index (Phi) is 3.24. The molecule has 4 nitrogen and oxygen atoms in total. The standard InChI is InChI=1S/C15H13ClN4/c1-10-9-11(2)20(19-10)15-8-7-14(17-18-15)12-3-5-13(16)6-4-12/h3-9H,1-2H3. The SMILES string of the molecule is Cc1cc(C)n(-c2ccc(-c3ccc(Cl)cc3)nn2)n1. The van der Waals surface area contributed by atoms with Crippen LogP contribution in [0, 0.1) is 13.8 Å². The molecule has 0 unspecified atom stereocenters. The van der Waals surface area contributed by atoms with Gasteiger partial charge in [-0.1, -0.05) is 23.7 Å². The molecule has 2 aromatic heterocycles. The fourth-order valence-corrected chi connectivity index (χ4v) is 2.20. The molecule has 0 spiro atoms. The van der Waals surface area contributed by atoms with Gasteiger partial charge in [-0.3, -0.25) is 0 Å². The molecule has 0 bridgehead atoms. The summed E-state index contributed by atoms with van der Waals surface area (Å²) in [6, 6.07) is 13.4. The lowest BCUT2D eigenvalue weighted by molar-refractivity contribution is 0.783.